The molecule has 0 spiro atoms. The Morgan fingerprint density at radius 3 is 2.62 bits per heavy atom. The van der Waals surface area contributed by atoms with Crippen molar-refractivity contribution in [3.05, 3.63) is 34.6 Å². The Bertz CT molecular complexity index is 644. The Morgan fingerprint density at radius 1 is 1.33 bits per heavy atom. The first-order valence-corrected chi connectivity index (χ1v) is 7.61. The van der Waals surface area contributed by atoms with E-state index < -0.39 is 17.8 Å². The van der Waals surface area contributed by atoms with E-state index in [0.717, 1.165) is 16.6 Å². The summed E-state index contributed by atoms with van der Waals surface area (Å²) in [4.78, 5) is 28.0. The molecule has 0 radical (unpaired) electrons. The van der Waals surface area contributed by atoms with Crippen molar-refractivity contribution in [3.63, 3.8) is 0 Å². The highest BCUT2D eigenvalue weighted by Gasteiger charge is 2.51. The predicted molar refractivity (Wildman–Crippen MR) is 80.7 cm³/mol. The second kappa shape index (κ2) is 5.26. The van der Waals surface area contributed by atoms with Crippen LogP contribution >= 0.6 is 15.9 Å². The lowest BCUT2D eigenvalue weighted by Gasteiger charge is -2.23. The number of aliphatic carboxylic acids is 1. The number of nitrogens with one attached hydrogen (secondary N) is 1. The summed E-state index contributed by atoms with van der Waals surface area (Å²) in [5.74, 6) is -2.24. The minimum atomic E-state index is -0.892. The van der Waals surface area contributed by atoms with Crippen LogP contribution in [-0.4, -0.2) is 22.0 Å². The number of halogens is 1. The number of carboxylic acids is 1. The van der Waals surface area contributed by atoms with Gasteiger partial charge in [0.2, 0.25) is 5.91 Å². The van der Waals surface area contributed by atoms with E-state index in [1.807, 2.05) is 25.1 Å². The molecule has 2 N–H and O–H groups in total. The maximum Gasteiger partial charge on any atom is 0.307 e. The van der Waals surface area contributed by atoms with Crippen molar-refractivity contribution >= 4 is 33.5 Å². The van der Waals surface area contributed by atoms with Crippen LogP contribution in [0.25, 0.3) is 0 Å². The van der Waals surface area contributed by atoms with Crippen molar-refractivity contribution in [3.8, 4) is 0 Å². The molecule has 1 fully saturated rings. The van der Waals surface area contributed by atoms with Gasteiger partial charge in [0.25, 0.3) is 0 Å². The second-order valence-corrected chi connectivity index (χ2v) is 6.41. The molecule has 2 aliphatic carbocycles. The standard InChI is InChI=1S/C15H15BrN2O3/c1-7-4-10(6-17-13(7)16)18-14(19)11-8-2-3-9(5-8)12(11)15(20)21/h2-4,6,8-9,11-12H,5H2,1H3,(H,18,19)(H,20,21). The van der Waals surface area contributed by atoms with Gasteiger partial charge < -0.3 is 10.4 Å². The first-order chi connectivity index (χ1) is 9.97. The maximum absolute atomic E-state index is 12.5. The van der Waals surface area contributed by atoms with Gasteiger partial charge in [-0.25, -0.2) is 4.98 Å². The van der Waals surface area contributed by atoms with Gasteiger partial charge in [0.05, 0.1) is 23.7 Å². The second-order valence-electron chi connectivity index (χ2n) is 5.66. The van der Waals surface area contributed by atoms with Crippen molar-refractivity contribution in [2.45, 2.75) is 13.3 Å². The number of rotatable bonds is 3. The van der Waals surface area contributed by atoms with Crippen LogP contribution in [0, 0.1) is 30.6 Å². The van der Waals surface area contributed by atoms with E-state index >= 15 is 0 Å². The quantitative estimate of drug-likeness (QED) is 0.648. The molecule has 2 aliphatic rings. The first kappa shape index (κ1) is 14.3. The first-order valence-electron chi connectivity index (χ1n) is 6.81. The summed E-state index contributed by atoms with van der Waals surface area (Å²) in [6, 6.07) is 1.81. The van der Waals surface area contributed by atoms with Crippen LogP contribution in [-0.2, 0) is 9.59 Å². The Kier molecular flexibility index (Phi) is 3.57. The summed E-state index contributed by atoms with van der Waals surface area (Å²) >= 11 is 3.31. The number of aryl methyl sites for hydroxylation is 1. The molecule has 4 atom stereocenters. The van der Waals surface area contributed by atoms with Crippen molar-refractivity contribution in [2.24, 2.45) is 23.7 Å². The van der Waals surface area contributed by atoms with Gasteiger partial charge in [0, 0.05) is 0 Å². The van der Waals surface area contributed by atoms with Crippen LogP contribution in [0.2, 0.25) is 0 Å². The third kappa shape index (κ3) is 2.48. The molecular formula is C15H15BrN2O3. The van der Waals surface area contributed by atoms with Gasteiger partial charge in [-0.15, -0.1) is 0 Å². The van der Waals surface area contributed by atoms with Gasteiger partial charge in [-0.1, -0.05) is 12.2 Å². The zero-order valence-corrected chi connectivity index (χ0v) is 13.0. The Morgan fingerprint density at radius 2 is 2.00 bits per heavy atom. The Balaban J connectivity index is 1.80. The van der Waals surface area contributed by atoms with E-state index in [-0.39, 0.29) is 17.7 Å². The zero-order chi connectivity index (χ0) is 15.1. The number of carboxylic acid groups (broad SMARTS) is 1. The summed E-state index contributed by atoms with van der Waals surface area (Å²) in [5.41, 5.74) is 1.51. The highest BCUT2D eigenvalue weighted by molar-refractivity contribution is 9.10. The topological polar surface area (TPSA) is 79.3 Å². The lowest BCUT2D eigenvalue weighted by atomic mass is 9.82. The number of aromatic nitrogens is 1. The van der Waals surface area contributed by atoms with Gasteiger partial charge in [-0.3, -0.25) is 9.59 Å². The minimum Gasteiger partial charge on any atom is -0.481 e. The number of hydrogen-bond acceptors (Lipinski definition) is 3. The van der Waals surface area contributed by atoms with E-state index in [9.17, 15) is 14.7 Å². The molecule has 1 heterocycles. The van der Waals surface area contributed by atoms with Crippen molar-refractivity contribution in [2.75, 3.05) is 5.32 Å². The monoisotopic (exact) mass is 350 g/mol. The lowest BCUT2D eigenvalue weighted by Crippen LogP contribution is -2.36. The number of anilines is 1. The van der Waals surface area contributed by atoms with E-state index in [1.54, 1.807) is 6.20 Å². The summed E-state index contributed by atoms with van der Waals surface area (Å²) < 4.78 is 0.728. The fourth-order valence-electron chi connectivity index (χ4n) is 3.37. The molecule has 1 saturated carbocycles. The molecule has 21 heavy (non-hydrogen) atoms. The molecule has 2 bridgehead atoms. The molecule has 1 aromatic rings. The van der Waals surface area contributed by atoms with Crippen LogP contribution in [0.3, 0.4) is 0 Å². The minimum absolute atomic E-state index is 0.0203. The number of pyridine rings is 1. The highest BCUT2D eigenvalue weighted by Crippen LogP contribution is 2.48. The molecule has 0 aromatic carbocycles. The summed E-state index contributed by atoms with van der Waals surface area (Å²) in [6.45, 7) is 1.88. The van der Waals surface area contributed by atoms with Gasteiger partial charge in [-0.05, 0) is 52.7 Å². The molecule has 0 saturated heterocycles. The van der Waals surface area contributed by atoms with Gasteiger partial charge >= 0.3 is 5.97 Å². The molecule has 1 aromatic heterocycles. The highest BCUT2D eigenvalue weighted by atomic mass is 79.9. The number of nitrogens with zero attached hydrogens (tertiary/aromatic N) is 1. The third-order valence-electron chi connectivity index (χ3n) is 4.33. The van der Waals surface area contributed by atoms with Gasteiger partial charge in [-0.2, -0.15) is 0 Å². The molecule has 1 amide bonds. The maximum atomic E-state index is 12.5. The fraction of sp³-hybridized carbons (Fsp3) is 0.400. The lowest BCUT2D eigenvalue weighted by molar-refractivity contribution is -0.146. The Hall–Kier alpha value is -1.69. The van der Waals surface area contributed by atoms with Crippen LogP contribution in [0.4, 0.5) is 5.69 Å². The van der Waals surface area contributed by atoms with Gasteiger partial charge in [0.15, 0.2) is 0 Å². The number of amides is 1. The average molecular weight is 351 g/mol. The largest absolute Gasteiger partial charge is 0.481 e. The normalized spacial score (nSPS) is 29.6. The molecule has 3 rings (SSSR count). The summed E-state index contributed by atoms with van der Waals surface area (Å²) in [5, 5.41) is 12.2. The zero-order valence-electron chi connectivity index (χ0n) is 11.4. The van der Waals surface area contributed by atoms with Crippen LogP contribution in [0.5, 0.6) is 0 Å². The third-order valence-corrected chi connectivity index (χ3v) is 5.16. The van der Waals surface area contributed by atoms with Crippen LogP contribution in [0.15, 0.2) is 29.0 Å². The number of carbonyl (C=O) groups excluding carboxylic acids is 1. The SMILES string of the molecule is Cc1cc(NC(=O)C2C3C=CC(C3)C2C(=O)O)cnc1Br. The molecule has 6 heteroatoms. The van der Waals surface area contributed by atoms with Crippen molar-refractivity contribution < 1.29 is 14.7 Å². The molecule has 4 unspecified atom stereocenters. The number of carbonyl (C=O) groups is 2. The van der Waals surface area contributed by atoms with Gasteiger partial charge in [0.1, 0.15) is 4.60 Å². The fourth-order valence-corrected chi connectivity index (χ4v) is 3.59. The molecule has 110 valence electrons. The predicted octanol–water partition coefficient (Wildman–Crippen LogP) is 2.61. The van der Waals surface area contributed by atoms with E-state index in [4.69, 9.17) is 0 Å². The smallest absolute Gasteiger partial charge is 0.307 e. The summed E-state index contributed by atoms with van der Waals surface area (Å²) in [6.07, 6.45) is 6.22. The van der Waals surface area contributed by atoms with Crippen LogP contribution in [0.1, 0.15) is 12.0 Å². The molecular weight excluding hydrogens is 336 g/mol. The van der Waals surface area contributed by atoms with Crippen molar-refractivity contribution in [1.29, 1.82) is 0 Å². The van der Waals surface area contributed by atoms with Crippen LogP contribution < -0.4 is 5.32 Å². The average Bonchev–Trinajstić information content (AvgIpc) is 3.03. The number of allylic oxidation sites excluding steroid dienone is 2. The van der Waals surface area contributed by atoms with E-state index in [1.165, 1.54) is 0 Å². The molecule has 0 aliphatic heterocycles. The Labute approximate surface area is 130 Å². The number of fused-ring (bicyclic) bond motifs is 2. The number of hydrogen-bond donors (Lipinski definition) is 2. The summed E-state index contributed by atoms with van der Waals surface area (Å²) in [7, 11) is 0. The van der Waals surface area contributed by atoms with Crippen molar-refractivity contribution in [1.82, 2.24) is 4.98 Å². The van der Waals surface area contributed by atoms with E-state index in [0.29, 0.717) is 5.69 Å². The molecule has 5 nitrogen and oxygen atoms in total. The van der Waals surface area contributed by atoms with E-state index in [2.05, 4.69) is 26.2 Å².